The van der Waals surface area contributed by atoms with Crippen LogP contribution < -0.4 is 0 Å². The number of hydrogen-bond donors (Lipinski definition) is 0. The Balaban J connectivity index is 5.23. The molecule has 0 rings (SSSR count). The van der Waals surface area contributed by atoms with Crippen molar-refractivity contribution >= 4 is 0 Å². The van der Waals surface area contributed by atoms with Crippen LogP contribution in [0.3, 0.4) is 0 Å². The van der Waals surface area contributed by atoms with E-state index in [1.165, 1.54) is 24.0 Å². The zero-order chi connectivity index (χ0) is 13.1. The van der Waals surface area contributed by atoms with Crippen LogP contribution in [0.25, 0.3) is 0 Å². The van der Waals surface area contributed by atoms with Gasteiger partial charge in [0, 0.05) is 5.92 Å². The van der Waals surface area contributed by atoms with Crippen molar-refractivity contribution in [1.29, 1.82) is 0 Å². The predicted molar refractivity (Wildman–Crippen MR) is 80.2 cm³/mol. The molecule has 0 aliphatic heterocycles. The molecule has 0 aromatic rings. The van der Waals surface area contributed by atoms with Crippen LogP contribution in [0.15, 0.2) is 47.6 Å². The van der Waals surface area contributed by atoms with Gasteiger partial charge in [-0.1, -0.05) is 56.7 Å². The van der Waals surface area contributed by atoms with Crippen LogP contribution in [0.1, 0.15) is 53.9 Å². The summed E-state index contributed by atoms with van der Waals surface area (Å²) in [5.41, 5.74) is 2.90. The van der Waals surface area contributed by atoms with Crippen molar-refractivity contribution in [3.05, 3.63) is 47.6 Å². The maximum atomic E-state index is 2.35. The molecule has 0 heterocycles. The Hall–Kier alpha value is -1.04. The summed E-state index contributed by atoms with van der Waals surface area (Å²) in [5.74, 6) is 0.553. The summed E-state index contributed by atoms with van der Waals surface area (Å²) in [7, 11) is 0. The average Bonchev–Trinajstić information content (AvgIpc) is 2.33. The molecular weight excluding hydrogens is 204 g/mol. The first-order valence-corrected chi connectivity index (χ1v) is 6.86. The van der Waals surface area contributed by atoms with Crippen molar-refractivity contribution in [2.75, 3.05) is 0 Å². The maximum absolute atomic E-state index is 2.35. The van der Waals surface area contributed by atoms with E-state index in [9.17, 15) is 0 Å². The van der Waals surface area contributed by atoms with Crippen LogP contribution in [0.2, 0.25) is 0 Å². The van der Waals surface area contributed by atoms with E-state index >= 15 is 0 Å². The largest absolute Gasteiger partial charge is 0.0874 e. The summed E-state index contributed by atoms with van der Waals surface area (Å²) in [6, 6.07) is 0. The summed E-state index contributed by atoms with van der Waals surface area (Å²) in [4.78, 5) is 0. The molecule has 0 bridgehead atoms. The van der Waals surface area contributed by atoms with Crippen LogP contribution in [0.5, 0.6) is 0 Å². The fourth-order valence-electron chi connectivity index (χ4n) is 2.18. The first kappa shape index (κ1) is 16.0. The molecule has 1 atom stereocenters. The lowest BCUT2D eigenvalue weighted by Crippen LogP contribution is -2.05. The van der Waals surface area contributed by atoms with Crippen molar-refractivity contribution < 1.29 is 0 Å². The second kappa shape index (κ2) is 10.1. The van der Waals surface area contributed by atoms with E-state index < -0.39 is 0 Å². The van der Waals surface area contributed by atoms with Crippen LogP contribution in [-0.2, 0) is 0 Å². The van der Waals surface area contributed by atoms with E-state index in [1.54, 1.807) is 0 Å². The Morgan fingerprint density at radius 2 is 1.53 bits per heavy atom. The van der Waals surface area contributed by atoms with E-state index in [4.69, 9.17) is 0 Å². The van der Waals surface area contributed by atoms with Crippen molar-refractivity contribution in [3.8, 4) is 0 Å². The zero-order valence-electron chi connectivity index (χ0n) is 12.2. The van der Waals surface area contributed by atoms with Crippen molar-refractivity contribution in [3.63, 3.8) is 0 Å². The number of hydrogen-bond acceptors (Lipinski definition) is 0. The molecule has 17 heavy (non-hydrogen) atoms. The first-order chi connectivity index (χ1) is 8.24. The van der Waals surface area contributed by atoms with E-state index in [1.807, 2.05) is 0 Å². The molecule has 0 aromatic carbocycles. The Kier molecular flexibility index (Phi) is 9.52. The minimum Gasteiger partial charge on any atom is -0.0874 e. The molecule has 0 fully saturated rings. The van der Waals surface area contributed by atoms with E-state index in [2.05, 4.69) is 71.1 Å². The minimum atomic E-state index is 0.553. The van der Waals surface area contributed by atoms with Gasteiger partial charge in [-0.3, -0.25) is 0 Å². The molecule has 0 aromatic heterocycles. The Morgan fingerprint density at radius 3 is 1.94 bits per heavy atom. The quantitative estimate of drug-likeness (QED) is 0.484. The molecule has 0 radical (unpaired) electrons. The number of rotatable bonds is 7. The van der Waals surface area contributed by atoms with Gasteiger partial charge in [0.05, 0.1) is 0 Å². The molecule has 0 N–H and O–H groups in total. The molecular formula is C17H28. The molecule has 1 unspecified atom stereocenters. The Bertz CT molecular complexity index is 300. The highest BCUT2D eigenvalue weighted by Gasteiger charge is 2.13. The molecule has 0 saturated carbocycles. The van der Waals surface area contributed by atoms with Crippen molar-refractivity contribution in [1.82, 2.24) is 0 Å². The second-order valence-electron chi connectivity index (χ2n) is 4.24. The third kappa shape index (κ3) is 5.72. The zero-order valence-corrected chi connectivity index (χ0v) is 12.2. The first-order valence-electron chi connectivity index (χ1n) is 6.86. The maximum Gasteiger partial charge on any atom is 0.00825 e. The molecule has 0 aliphatic rings. The smallest absolute Gasteiger partial charge is 0.00825 e. The molecule has 96 valence electrons. The van der Waals surface area contributed by atoms with E-state index in [0.29, 0.717) is 5.92 Å². The predicted octanol–water partition coefficient (Wildman–Crippen LogP) is 5.84. The summed E-state index contributed by atoms with van der Waals surface area (Å²) >= 11 is 0. The monoisotopic (exact) mass is 232 g/mol. The summed E-state index contributed by atoms with van der Waals surface area (Å²) < 4.78 is 0. The normalized spacial score (nSPS) is 16.1. The minimum absolute atomic E-state index is 0.553. The topological polar surface area (TPSA) is 0 Å². The lowest BCUT2D eigenvalue weighted by molar-refractivity contribution is 0.645. The van der Waals surface area contributed by atoms with Gasteiger partial charge >= 0.3 is 0 Å². The highest BCUT2D eigenvalue weighted by molar-refractivity contribution is 5.34. The summed E-state index contributed by atoms with van der Waals surface area (Å²) in [6.45, 7) is 10.8. The molecule has 0 aliphatic carbocycles. The average molecular weight is 232 g/mol. The highest BCUT2D eigenvalue weighted by atomic mass is 14.2. The van der Waals surface area contributed by atoms with Gasteiger partial charge < -0.3 is 0 Å². The van der Waals surface area contributed by atoms with Crippen LogP contribution in [0, 0.1) is 5.92 Å². The van der Waals surface area contributed by atoms with Crippen molar-refractivity contribution in [2.45, 2.75) is 53.9 Å². The number of allylic oxidation sites excluding steroid dienone is 8. The van der Waals surface area contributed by atoms with Crippen LogP contribution in [-0.4, -0.2) is 0 Å². The molecule has 0 amide bonds. The van der Waals surface area contributed by atoms with E-state index in [0.717, 1.165) is 6.42 Å². The van der Waals surface area contributed by atoms with Gasteiger partial charge in [-0.15, -0.1) is 0 Å². The lowest BCUT2D eigenvalue weighted by Gasteiger charge is -2.19. The van der Waals surface area contributed by atoms with Gasteiger partial charge in [0.25, 0.3) is 0 Å². The molecule has 0 nitrogen and oxygen atoms in total. The third-order valence-corrected chi connectivity index (χ3v) is 2.87. The third-order valence-electron chi connectivity index (χ3n) is 2.87. The fourth-order valence-corrected chi connectivity index (χ4v) is 2.18. The highest BCUT2D eigenvalue weighted by Crippen LogP contribution is 2.28. The Labute approximate surface area is 108 Å². The van der Waals surface area contributed by atoms with Gasteiger partial charge in [0.1, 0.15) is 0 Å². The van der Waals surface area contributed by atoms with Crippen LogP contribution in [0.4, 0.5) is 0 Å². The summed E-state index contributed by atoms with van der Waals surface area (Å²) in [6.07, 6.45) is 16.9. The lowest BCUT2D eigenvalue weighted by atomic mass is 9.85. The molecule has 0 heteroatoms. The fraction of sp³-hybridized carbons (Fsp3) is 0.529. The molecule has 0 saturated heterocycles. The van der Waals surface area contributed by atoms with Crippen LogP contribution >= 0.6 is 0 Å². The SMILES string of the molecule is C/C=C\C(=C/C)C(CCC)C(/C=C\C)=C/CC. The molecule has 0 spiro atoms. The summed E-state index contributed by atoms with van der Waals surface area (Å²) in [5, 5.41) is 0. The second-order valence-corrected chi connectivity index (χ2v) is 4.24. The van der Waals surface area contributed by atoms with Gasteiger partial charge in [0.2, 0.25) is 0 Å². The van der Waals surface area contributed by atoms with Gasteiger partial charge in [-0.25, -0.2) is 0 Å². The van der Waals surface area contributed by atoms with Gasteiger partial charge in [0.15, 0.2) is 0 Å². The van der Waals surface area contributed by atoms with E-state index in [-0.39, 0.29) is 0 Å². The van der Waals surface area contributed by atoms with Crippen molar-refractivity contribution in [2.24, 2.45) is 5.92 Å². The standard InChI is InChI=1S/C17H28/c1-6-11-15(10-5)17(14-9-4)16(12-7-2)13-8-3/h6-7,10-13,17H,8-9,14H2,1-5H3/b11-6-,12-7-,15-10+,16-13+. The van der Waals surface area contributed by atoms with Gasteiger partial charge in [-0.2, -0.15) is 0 Å². The van der Waals surface area contributed by atoms with Gasteiger partial charge in [-0.05, 0) is 44.8 Å². The Morgan fingerprint density at radius 1 is 0.941 bits per heavy atom.